The van der Waals surface area contributed by atoms with Gasteiger partial charge in [0.05, 0.1) is 19.1 Å². The third-order valence-electron chi connectivity index (χ3n) is 3.65. The van der Waals surface area contributed by atoms with Gasteiger partial charge in [0.1, 0.15) is 11.5 Å². The first-order valence-corrected chi connectivity index (χ1v) is 10.4. The Balaban J connectivity index is 2.89. The number of sulfonamides is 1. The van der Waals surface area contributed by atoms with E-state index in [-0.39, 0.29) is 5.75 Å². The lowest BCUT2D eigenvalue weighted by molar-refractivity contribution is 0.411. The van der Waals surface area contributed by atoms with Crippen molar-refractivity contribution in [3.63, 3.8) is 0 Å². The fourth-order valence-corrected chi connectivity index (χ4v) is 4.47. The Morgan fingerprint density at radius 3 is 2.21 bits per heavy atom. The molecule has 0 spiro atoms. The smallest absolute Gasteiger partial charge is 0.229 e. The Morgan fingerprint density at radius 1 is 1.08 bits per heavy atom. The Hall–Kier alpha value is -1.25. The molecule has 0 aliphatic carbocycles. The number of benzene rings is 2. The molecule has 5 nitrogen and oxygen atoms in total. The van der Waals surface area contributed by atoms with Gasteiger partial charge in [-0.15, -0.1) is 0 Å². The molecule has 0 aromatic heterocycles. The summed E-state index contributed by atoms with van der Waals surface area (Å²) in [6.07, 6.45) is 1.08. The first-order chi connectivity index (χ1) is 11.0. The van der Waals surface area contributed by atoms with Crippen LogP contribution in [-0.2, 0) is 10.0 Å². The molecular formula is C16H17Br2NO4S. The largest absolute Gasteiger partial charge is 0.507 e. The van der Waals surface area contributed by atoms with Crippen LogP contribution < -0.4 is 9.46 Å². The maximum absolute atomic E-state index is 11.8. The summed E-state index contributed by atoms with van der Waals surface area (Å²) in [7, 11) is -1.98. The summed E-state index contributed by atoms with van der Waals surface area (Å²) in [5.74, 6) is 0.593. The van der Waals surface area contributed by atoms with Crippen LogP contribution in [-0.4, -0.2) is 26.9 Å². The van der Waals surface area contributed by atoms with Crippen LogP contribution >= 0.6 is 31.9 Å². The van der Waals surface area contributed by atoms with Crippen molar-refractivity contribution in [1.29, 1.82) is 0 Å². The minimum absolute atomic E-state index is 0.0282. The van der Waals surface area contributed by atoms with Crippen LogP contribution in [0.1, 0.15) is 11.1 Å². The van der Waals surface area contributed by atoms with Gasteiger partial charge in [0, 0.05) is 26.1 Å². The van der Waals surface area contributed by atoms with Crippen molar-refractivity contribution in [3.05, 3.63) is 38.3 Å². The summed E-state index contributed by atoms with van der Waals surface area (Å²) < 4.78 is 32.7. The molecule has 2 aromatic carbocycles. The van der Waals surface area contributed by atoms with Gasteiger partial charge >= 0.3 is 0 Å². The van der Waals surface area contributed by atoms with E-state index in [1.54, 1.807) is 18.2 Å². The van der Waals surface area contributed by atoms with Crippen LogP contribution in [0.3, 0.4) is 0 Å². The van der Waals surface area contributed by atoms with E-state index in [1.165, 1.54) is 7.11 Å². The molecule has 0 aliphatic heterocycles. The molecule has 0 amide bonds. The standard InChI is InChI=1S/C16H17Br2NO4S/c1-8-9(2)15(16-11(18)5-10(17)6-13(16)20)12(7-14(8)23-3)19-24(4,21)22/h5-7,19-20H,1-4H3. The van der Waals surface area contributed by atoms with Crippen molar-refractivity contribution in [3.8, 4) is 22.6 Å². The predicted molar refractivity (Wildman–Crippen MR) is 103 cm³/mol. The molecule has 0 heterocycles. The fourth-order valence-electron chi connectivity index (χ4n) is 2.51. The Labute approximate surface area is 158 Å². The molecule has 0 atom stereocenters. The van der Waals surface area contributed by atoms with E-state index in [0.717, 1.165) is 17.4 Å². The van der Waals surface area contributed by atoms with Crippen molar-refractivity contribution in [1.82, 2.24) is 0 Å². The lowest BCUT2D eigenvalue weighted by atomic mass is 9.94. The highest BCUT2D eigenvalue weighted by molar-refractivity contribution is 9.11. The zero-order chi connectivity index (χ0) is 18.2. The van der Waals surface area contributed by atoms with Crippen molar-refractivity contribution < 1.29 is 18.3 Å². The minimum Gasteiger partial charge on any atom is -0.507 e. The Kier molecular flexibility index (Phi) is 5.51. The Morgan fingerprint density at radius 2 is 1.71 bits per heavy atom. The van der Waals surface area contributed by atoms with E-state index in [1.807, 2.05) is 13.8 Å². The van der Waals surface area contributed by atoms with Gasteiger partial charge in [-0.05, 0) is 53.0 Å². The normalized spacial score (nSPS) is 11.4. The van der Waals surface area contributed by atoms with Crippen LogP contribution in [0.25, 0.3) is 11.1 Å². The van der Waals surface area contributed by atoms with Gasteiger partial charge < -0.3 is 9.84 Å². The number of aromatic hydroxyl groups is 1. The number of hydrogen-bond acceptors (Lipinski definition) is 4. The maximum atomic E-state index is 11.8. The highest BCUT2D eigenvalue weighted by Gasteiger charge is 2.21. The molecule has 0 fully saturated rings. The van der Waals surface area contributed by atoms with Gasteiger partial charge in [0.15, 0.2) is 0 Å². The summed E-state index contributed by atoms with van der Waals surface area (Å²) in [5, 5.41) is 10.4. The van der Waals surface area contributed by atoms with E-state index in [0.29, 0.717) is 31.5 Å². The molecule has 2 N–H and O–H groups in total. The lowest BCUT2D eigenvalue weighted by Gasteiger charge is -2.20. The highest BCUT2D eigenvalue weighted by atomic mass is 79.9. The first kappa shape index (κ1) is 19.1. The average molecular weight is 479 g/mol. The van der Waals surface area contributed by atoms with Gasteiger partial charge in [0.25, 0.3) is 0 Å². The second-order valence-corrected chi connectivity index (χ2v) is 8.93. The summed E-state index contributed by atoms with van der Waals surface area (Å²) in [4.78, 5) is 0. The molecule has 0 unspecified atom stereocenters. The van der Waals surface area contributed by atoms with E-state index in [4.69, 9.17) is 4.74 Å². The molecule has 0 aliphatic rings. The van der Waals surface area contributed by atoms with Crippen molar-refractivity contribution in [2.24, 2.45) is 0 Å². The molecule has 2 rings (SSSR count). The van der Waals surface area contributed by atoms with Gasteiger partial charge in [-0.25, -0.2) is 8.42 Å². The second-order valence-electron chi connectivity index (χ2n) is 5.41. The van der Waals surface area contributed by atoms with E-state index in [2.05, 4.69) is 36.6 Å². The molecule has 0 bridgehead atoms. The molecular weight excluding hydrogens is 462 g/mol. The van der Waals surface area contributed by atoms with Crippen LogP contribution in [0, 0.1) is 13.8 Å². The molecule has 0 saturated carbocycles. The number of hydrogen-bond donors (Lipinski definition) is 2. The Bertz CT molecular complexity index is 888. The highest BCUT2D eigenvalue weighted by Crippen LogP contribution is 2.46. The summed E-state index contributed by atoms with van der Waals surface area (Å²) in [6.45, 7) is 3.74. The van der Waals surface area contributed by atoms with Crippen molar-refractivity contribution >= 4 is 47.6 Å². The van der Waals surface area contributed by atoms with Crippen molar-refractivity contribution in [2.45, 2.75) is 13.8 Å². The zero-order valence-corrected chi connectivity index (χ0v) is 17.6. The number of phenolic OH excluding ortho intramolecular Hbond substituents is 1. The number of anilines is 1. The van der Waals surface area contributed by atoms with Crippen LogP contribution in [0.5, 0.6) is 11.5 Å². The molecule has 0 radical (unpaired) electrons. The van der Waals surface area contributed by atoms with Gasteiger partial charge in [-0.3, -0.25) is 4.72 Å². The van der Waals surface area contributed by atoms with Crippen molar-refractivity contribution in [2.75, 3.05) is 18.1 Å². The zero-order valence-electron chi connectivity index (χ0n) is 13.6. The molecule has 8 heteroatoms. The van der Waals surface area contributed by atoms with E-state index < -0.39 is 10.0 Å². The van der Waals surface area contributed by atoms with E-state index in [9.17, 15) is 13.5 Å². The molecule has 2 aromatic rings. The third kappa shape index (κ3) is 3.87. The molecule has 130 valence electrons. The number of rotatable bonds is 4. The topological polar surface area (TPSA) is 75.6 Å². The summed E-state index contributed by atoms with van der Waals surface area (Å²) in [5.41, 5.74) is 3.11. The number of halogens is 2. The first-order valence-electron chi connectivity index (χ1n) is 6.89. The fraction of sp³-hybridized carbons (Fsp3) is 0.250. The van der Waals surface area contributed by atoms with Crippen LogP contribution in [0.4, 0.5) is 5.69 Å². The van der Waals surface area contributed by atoms with Crippen LogP contribution in [0.15, 0.2) is 27.1 Å². The SMILES string of the molecule is COc1cc(NS(C)(=O)=O)c(-c2c(O)cc(Br)cc2Br)c(C)c1C. The number of methoxy groups -OCH3 is 1. The number of phenols is 1. The van der Waals surface area contributed by atoms with Gasteiger partial charge in [0.2, 0.25) is 10.0 Å². The third-order valence-corrected chi connectivity index (χ3v) is 5.33. The second kappa shape index (κ2) is 6.93. The number of nitrogens with one attached hydrogen (secondary N) is 1. The average Bonchev–Trinajstić information content (AvgIpc) is 2.43. The van der Waals surface area contributed by atoms with E-state index >= 15 is 0 Å². The summed E-state index contributed by atoms with van der Waals surface area (Å²) >= 11 is 6.77. The molecule has 0 saturated heterocycles. The van der Waals surface area contributed by atoms with Gasteiger partial charge in [-0.1, -0.05) is 15.9 Å². The molecule has 24 heavy (non-hydrogen) atoms. The quantitative estimate of drug-likeness (QED) is 0.674. The van der Waals surface area contributed by atoms with Crippen LogP contribution in [0.2, 0.25) is 0 Å². The monoisotopic (exact) mass is 477 g/mol. The number of ether oxygens (including phenoxy) is 1. The maximum Gasteiger partial charge on any atom is 0.229 e. The lowest BCUT2D eigenvalue weighted by Crippen LogP contribution is -2.12. The van der Waals surface area contributed by atoms with Gasteiger partial charge in [-0.2, -0.15) is 0 Å². The predicted octanol–water partition coefficient (Wildman–Crippen LogP) is 4.58. The summed E-state index contributed by atoms with van der Waals surface area (Å²) in [6, 6.07) is 4.97. The minimum atomic E-state index is -3.51.